The molecule has 2 heterocycles. The predicted octanol–water partition coefficient (Wildman–Crippen LogP) is 2.00. The van der Waals surface area contributed by atoms with E-state index in [4.69, 9.17) is 0 Å². The zero-order valence-electron chi connectivity index (χ0n) is 7.17. The molecule has 0 spiro atoms. The number of nitrogens with one attached hydrogen (secondary N) is 1. The second-order valence-electron chi connectivity index (χ2n) is 3.05. The summed E-state index contributed by atoms with van der Waals surface area (Å²) in [6.07, 6.45) is -1.36. The van der Waals surface area contributed by atoms with Crippen molar-refractivity contribution < 1.29 is 13.2 Å². The molecule has 0 aliphatic carbocycles. The van der Waals surface area contributed by atoms with Gasteiger partial charge < -0.3 is 9.88 Å². The zero-order valence-corrected chi connectivity index (χ0v) is 7.17. The number of nitrogens with zero attached hydrogens (tertiary/aromatic N) is 2. The van der Waals surface area contributed by atoms with Crippen molar-refractivity contribution in [3.05, 3.63) is 17.8 Å². The molecule has 76 valence electrons. The van der Waals surface area contributed by atoms with Crippen LogP contribution < -0.4 is 5.32 Å². The maximum atomic E-state index is 12.1. The van der Waals surface area contributed by atoms with Gasteiger partial charge in [0, 0.05) is 11.8 Å². The maximum absolute atomic E-state index is 12.1. The molecular formula is C8H8F3N3. The lowest BCUT2D eigenvalue weighted by Crippen LogP contribution is -2.19. The van der Waals surface area contributed by atoms with Crippen molar-refractivity contribution in [2.75, 3.05) is 5.32 Å². The van der Waals surface area contributed by atoms with Gasteiger partial charge in [0.15, 0.2) is 0 Å². The largest absolute Gasteiger partial charge is 0.406 e. The Hall–Kier alpha value is -1.46. The highest BCUT2D eigenvalue weighted by Gasteiger charge is 2.29. The molecule has 1 aliphatic heterocycles. The van der Waals surface area contributed by atoms with Crippen LogP contribution in [0.2, 0.25) is 0 Å². The Morgan fingerprint density at radius 1 is 1.50 bits per heavy atom. The normalized spacial score (nSPS) is 15.1. The molecular weight excluding hydrogens is 195 g/mol. The SMILES string of the molecule is FC(F)(F)Cn1ccc2c1NC=NC2. The van der Waals surface area contributed by atoms with Crippen LogP contribution in [0.25, 0.3) is 0 Å². The lowest BCUT2D eigenvalue weighted by atomic mass is 10.3. The minimum atomic E-state index is -4.19. The second-order valence-corrected chi connectivity index (χ2v) is 3.05. The van der Waals surface area contributed by atoms with Crippen LogP contribution in [0.3, 0.4) is 0 Å². The Balaban J connectivity index is 2.25. The summed E-state index contributed by atoms with van der Waals surface area (Å²) in [5.74, 6) is 0.484. The fourth-order valence-corrected chi connectivity index (χ4v) is 1.40. The van der Waals surface area contributed by atoms with Crippen LogP contribution in [0.1, 0.15) is 5.56 Å². The summed E-state index contributed by atoms with van der Waals surface area (Å²) >= 11 is 0. The van der Waals surface area contributed by atoms with Crippen molar-refractivity contribution in [2.24, 2.45) is 4.99 Å². The van der Waals surface area contributed by atoms with Crippen LogP contribution in [0.4, 0.5) is 19.0 Å². The van der Waals surface area contributed by atoms with Gasteiger partial charge in [-0.05, 0) is 6.07 Å². The predicted molar refractivity (Wildman–Crippen MR) is 46.3 cm³/mol. The standard InChI is InChI=1S/C8H8F3N3/c9-8(10,11)4-14-2-1-6-3-12-5-13-7(6)14/h1-2,5H,3-4H2,(H,12,13). The maximum Gasteiger partial charge on any atom is 0.406 e. The van der Waals surface area contributed by atoms with E-state index in [-0.39, 0.29) is 0 Å². The fourth-order valence-electron chi connectivity index (χ4n) is 1.40. The van der Waals surface area contributed by atoms with Crippen molar-refractivity contribution in [1.82, 2.24) is 4.57 Å². The first kappa shape index (κ1) is 9.11. The molecule has 0 saturated heterocycles. The first-order valence-corrected chi connectivity index (χ1v) is 4.06. The summed E-state index contributed by atoms with van der Waals surface area (Å²) in [6, 6.07) is 1.64. The topological polar surface area (TPSA) is 29.3 Å². The minimum absolute atomic E-state index is 0.438. The van der Waals surface area contributed by atoms with Gasteiger partial charge in [-0.1, -0.05) is 0 Å². The van der Waals surface area contributed by atoms with Gasteiger partial charge in [-0.2, -0.15) is 13.2 Å². The van der Waals surface area contributed by atoms with Gasteiger partial charge in [-0.15, -0.1) is 0 Å². The zero-order chi connectivity index (χ0) is 10.2. The Morgan fingerprint density at radius 3 is 3.00 bits per heavy atom. The van der Waals surface area contributed by atoms with Gasteiger partial charge in [0.2, 0.25) is 0 Å². The van der Waals surface area contributed by atoms with Gasteiger partial charge in [0.25, 0.3) is 0 Å². The van der Waals surface area contributed by atoms with Crippen LogP contribution in [0, 0.1) is 0 Å². The first-order valence-electron chi connectivity index (χ1n) is 4.06. The highest BCUT2D eigenvalue weighted by molar-refractivity contribution is 5.78. The van der Waals surface area contributed by atoms with Crippen molar-refractivity contribution in [3.63, 3.8) is 0 Å². The highest BCUT2D eigenvalue weighted by Crippen LogP contribution is 2.25. The molecule has 0 aromatic carbocycles. The lowest BCUT2D eigenvalue weighted by molar-refractivity contribution is -0.140. The molecule has 14 heavy (non-hydrogen) atoms. The van der Waals surface area contributed by atoms with Crippen molar-refractivity contribution >= 4 is 12.2 Å². The van der Waals surface area contributed by atoms with Crippen LogP contribution in [0.15, 0.2) is 17.3 Å². The first-order chi connectivity index (χ1) is 6.56. The molecule has 0 unspecified atom stereocenters. The molecule has 6 heteroatoms. The molecule has 2 rings (SSSR count). The van der Waals surface area contributed by atoms with Crippen molar-refractivity contribution in [2.45, 2.75) is 19.3 Å². The summed E-state index contributed by atoms with van der Waals surface area (Å²) in [4.78, 5) is 3.90. The van der Waals surface area contributed by atoms with E-state index >= 15 is 0 Å². The molecule has 1 aromatic rings. The quantitative estimate of drug-likeness (QED) is 0.743. The molecule has 0 fully saturated rings. The van der Waals surface area contributed by atoms with Gasteiger partial charge in [-0.25, -0.2) is 0 Å². The minimum Gasteiger partial charge on any atom is -0.333 e. The van der Waals surface area contributed by atoms with Gasteiger partial charge in [0.05, 0.1) is 12.9 Å². The van der Waals surface area contributed by atoms with Gasteiger partial charge >= 0.3 is 6.18 Å². The van der Waals surface area contributed by atoms with E-state index in [0.29, 0.717) is 12.4 Å². The van der Waals surface area contributed by atoms with E-state index in [0.717, 1.165) is 10.1 Å². The van der Waals surface area contributed by atoms with E-state index < -0.39 is 12.7 Å². The molecule has 0 atom stereocenters. The summed E-state index contributed by atoms with van der Waals surface area (Å²) in [5, 5.41) is 2.71. The molecule has 1 aromatic heterocycles. The third kappa shape index (κ3) is 1.73. The Labute approximate surface area is 78.2 Å². The number of alkyl halides is 3. The average Bonchev–Trinajstić information content (AvgIpc) is 2.47. The van der Waals surface area contributed by atoms with Gasteiger partial charge in [0.1, 0.15) is 12.4 Å². The van der Waals surface area contributed by atoms with E-state index in [2.05, 4.69) is 10.3 Å². The molecule has 3 nitrogen and oxygen atoms in total. The van der Waals surface area contributed by atoms with E-state index in [1.165, 1.54) is 12.5 Å². The number of fused-ring (bicyclic) bond motifs is 1. The summed E-state index contributed by atoms with van der Waals surface area (Å²) < 4.78 is 37.5. The summed E-state index contributed by atoms with van der Waals surface area (Å²) in [5.41, 5.74) is 0.789. The number of rotatable bonds is 1. The van der Waals surface area contributed by atoms with Crippen molar-refractivity contribution in [1.29, 1.82) is 0 Å². The molecule has 1 aliphatic rings. The van der Waals surface area contributed by atoms with Crippen LogP contribution >= 0.6 is 0 Å². The Kier molecular flexibility index (Phi) is 1.98. The molecule has 0 bridgehead atoms. The number of aliphatic imine (C=N–C) groups is 1. The third-order valence-corrected chi connectivity index (χ3v) is 1.95. The molecule has 0 radical (unpaired) electrons. The monoisotopic (exact) mass is 203 g/mol. The second kappa shape index (κ2) is 3.04. The van der Waals surface area contributed by atoms with E-state index in [1.807, 2.05) is 0 Å². The summed E-state index contributed by atoms with van der Waals surface area (Å²) in [6.45, 7) is -0.531. The smallest absolute Gasteiger partial charge is 0.333 e. The Bertz CT molecular complexity index is 364. The molecule has 0 saturated carbocycles. The highest BCUT2D eigenvalue weighted by atomic mass is 19.4. The summed E-state index contributed by atoms with van der Waals surface area (Å²) in [7, 11) is 0. The van der Waals surface area contributed by atoms with Crippen molar-refractivity contribution in [3.8, 4) is 0 Å². The van der Waals surface area contributed by atoms with Crippen LogP contribution in [0.5, 0.6) is 0 Å². The number of anilines is 1. The fraction of sp³-hybridized carbons (Fsp3) is 0.375. The molecule has 1 N–H and O–H groups in total. The average molecular weight is 203 g/mol. The third-order valence-electron chi connectivity index (χ3n) is 1.95. The van der Waals surface area contributed by atoms with Gasteiger partial charge in [-0.3, -0.25) is 4.99 Å². The number of aromatic nitrogens is 1. The van der Waals surface area contributed by atoms with E-state index in [1.54, 1.807) is 6.07 Å². The van der Waals surface area contributed by atoms with Crippen LogP contribution in [-0.4, -0.2) is 17.1 Å². The number of hydrogen-bond acceptors (Lipinski definition) is 2. The molecule has 0 amide bonds. The number of halogens is 3. The van der Waals surface area contributed by atoms with E-state index in [9.17, 15) is 13.2 Å². The van der Waals surface area contributed by atoms with Crippen LogP contribution in [-0.2, 0) is 13.1 Å². The lowest BCUT2D eigenvalue weighted by Gasteiger charge is -2.14. The Morgan fingerprint density at radius 2 is 2.29 bits per heavy atom. The number of hydrogen-bond donors (Lipinski definition) is 1.